The van der Waals surface area contributed by atoms with E-state index in [1.165, 1.54) is 11.3 Å². The zero-order chi connectivity index (χ0) is 37.9. The number of piperidine rings is 1. The van der Waals surface area contributed by atoms with Crippen molar-refractivity contribution >= 4 is 40.1 Å². The van der Waals surface area contributed by atoms with E-state index < -0.39 is 45.7 Å². The van der Waals surface area contributed by atoms with Gasteiger partial charge in [-0.1, -0.05) is 63.4 Å². The van der Waals surface area contributed by atoms with Crippen molar-refractivity contribution in [2.45, 2.75) is 116 Å². The standard InChI is InChI=1S/C37H58N6O8S/c1-26(51-36(47)50-25-28-14-9-6-10-15-28)22-37(2,3)35(46)40-24-30-20-29(17-19-43(30)38)23-39-33(44)32-16-11-18-42(32)34(45)31(41-52(4,48)49)21-27-12-7-5-8-13-27/h5,7-8,12-13,24,26,28-32,41H,6,9-11,14-23,25,38H2,1-4H3,(H,39,44)/t26?,29?,30?,31-,32+/m1/s1. The van der Waals surface area contributed by atoms with Crippen LogP contribution in [0.3, 0.4) is 0 Å². The van der Waals surface area contributed by atoms with Gasteiger partial charge in [0.25, 0.3) is 5.91 Å². The summed E-state index contributed by atoms with van der Waals surface area (Å²) in [7, 11) is -3.69. The number of hydrazine groups is 1. The highest BCUT2D eigenvalue weighted by atomic mass is 32.2. The fourth-order valence-corrected chi connectivity index (χ4v) is 8.19. The van der Waals surface area contributed by atoms with Crippen LogP contribution in [0.1, 0.15) is 90.5 Å². The van der Waals surface area contributed by atoms with Crippen LogP contribution in [0.15, 0.2) is 35.3 Å². The van der Waals surface area contributed by atoms with E-state index in [9.17, 15) is 27.6 Å². The quantitative estimate of drug-likeness (QED) is 0.136. The minimum Gasteiger partial charge on any atom is -0.434 e. The number of carbonyl (C=O) groups excluding carboxylic acids is 4. The largest absolute Gasteiger partial charge is 0.508 e. The number of sulfonamides is 1. The molecule has 3 unspecified atom stereocenters. The van der Waals surface area contributed by atoms with Crippen LogP contribution in [-0.4, -0.2) is 105 Å². The molecule has 1 aliphatic carbocycles. The third-order valence-electron chi connectivity index (χ3n) is 10.3. The predicted octanol–water partition coefficient (Wildman–Crippen LogP) is 3.34. The molecule has 0 aromatic heterocycles. The van der Waals surface area contributed by atoms with Gasteiger partial charge in [-0.2, -0.15) is 0 Å². The van der Waals surface area contributed by atoms with Gasteiger partial charge in [-0.25, -0.2) is 27.9 Å². The van der Waals surface area contributed by atoms with Crippen LogP contribution in [0.2, 0.25) is 0 Å². The van der Waals surface area contributed by atoms with Gasteiger partial charge in [-0.05, 0) is 75.7 Å². The Hall–Kier alpha value is -3.40. The number of amides is 3. The Kier molecular flexibility index (Phi) is 15.2. The van der Waals surface area contributed by atoms with Crippen LogP contribution >= 0.6 is 0 Å². The summed E-state index contributed by atoms with van der Waals surface area (Å²) < 4.78 is 37.5. The van der Waals surface area contributed by atoms with E-state index in [-0.39, 0.29) is 36.6 Å². The van der Waals surface area contributed by atoms with Crippen molar-refractivity contribution in [3.63, 3.8) is 0 Å². The normalized spacial score (nSPS) is 23.2. The second-order valence-corrected chi connectivity index (χ2v) is 17.2. The molecule has 3 amide bonds. The van der Waals surface area contributed by atoms with Crippen molar-refractivity contribution in [3.05, 3.63) is 35.9 Å². The Labute approximate surface area is 308 Å². The molecule has 2 aliphatic heterocycles. The average molecular weight is 747 g/mol. The van der Waals surface area contributed by atoms with Crippen LogP contribution in [-0.2, 0) is 40.3 Å². The molecule has 3 aliphatic rings. The number of ether oxygens (including phenoxy) is 2. The topological polar surface area (TPSA) is 190 Å². The number of nitrogens with one attached hydrogen (secondary N) is 2. The SMILES string of the molecule is CC(CC(C)(C)C(=O)N=CC1CC(CNC(=O)[C@@H]2CCCN2C(=O)[C@@H](Cc2ccccc2)NS(C)(=O)=O)CCN1N)OC(=O)OCC1CCCCC1. The summed E-state index contributed by atoms with van der Waals surface area (Å²) in [6.45, 7) is 6.87. The summed E-state index contributed by atoms with van der Waals surface area (Å²) in [6, 6.07) is 7.08. The molecule has 0 radical (unpaired) electrons. The Balaban J connectivity index is 1.26. The first-order valence-corrected chi connectivity index (χ1v) is 20.5. The molecular formula is C37H58N6O8S. The molecule has 15 heteroatoms. The van der Waals surface area contributed by atoms with Crippen molar-refractivity contribution in [2.24, 2.45) is 28.1 Å². The maximum atomic E-state index is 13.6. The van der Waals surface area contributed by atoms with Crippen molar-refractivity contribution < 1.29 is 37.1 Å². The Bertz CT molecular complexity index is 1500. The number of nitrogens with zero attached hydrogens (tertiary/aromatic N) is 3. The highest BCUT2D eigenvalue weighted by Gasteiger charge is 2.39. The lowest BCUT2D eigenvalue weighted by atomic mass is 9.86. The molecule has 3 fully saturated rings. The zero-order valence-electron chi connectivity index (χ0n) is 31.1. The average Bonchev–Trinajstić information content (AvgIpc) is 3.59. The second-order valence-electron chi connectivity index (χ2n) is 15.4. The minimum absolute atomic E-state index is 0.0552. The maximum Gasteiger partial charge on any atom is 0.508 e. The van der Waals surface area contributed by atoms with Gasteiger partial charge < -0.3 is 19.7 Å². The molecule has 52 heavy (non-hydrogen) atoms. The van der Waals surface area contributed by atoms with Crippen LogP contribution in [0, 0.1) is 17.3 Å². The van der Waals surface area contributed by atoms with Gasteiger partial charge in [0, 0.05) is 31.3 Å². The molecule has 4 N–H and O–H groups in total. The van der Waals surface area contributed by atoms with Crippen molar-refractivity contribution in [2.75, 3.05) is 32.5 Å². The first kappa shape index (κ1) is 41.4. The van der Waals surface area contributed by atoms with Gasteiger partial charge in [0.1, 0.15) is 18.2 Å². The third-order valence-corrected chi connectivity index (χ3v) is 11.0. The van der Waals surface area contributed by atoms with E-state index >= 15 is 0 Å². The maximum absolute atomic E-state index is 13.6. The summed E-state index contributed by atoms with van der Waals surface area (Å²) in [5.41, 5.74) is -0.0973. The molecule has 1 saturated carbocycles. The van der Waals surface area contributed by atoms with Crippen LogP contribution in [0.4, 0.5) is 4.79 Å². The first-order chi connectivity index (χ1) is 24.6. The summed E-state index contributed by atoms with van der Waals surface area (Å²) in [4.78, 5) is 58.2. The van der Waals surface area contributed by atoms with E-state index in [0.717, 1.165) is 43.9 Å². The fourth-order valence-electron chi connectivity index (χ4n) is 7.49. The summed E-state index contributed by atoms with van der Waals surface area (Å²) in [5.74, 6) is 5.64. The molecule has 4 rings (SSSR count). The van der Waals surface area contributed by atoms with Gasteiger partial charge in [0.15, 0.2) is 0 Å². The van der Waals surface area contributed by atoms with E-state index in [1.807, 2.05) is 30.3 Å². The molecule has 1 aromatic carbocycles. The highest BCUT2D eigenvalue weighted by molar-refractivity contribution is 7.88. The van der Waals surface area contributed by atoms with Gasteiger partial charge in [0.05, 0.1) is 18.9 Å². The Morgan fingerprint density at radius 1 is 1.02 bits per heavy atom. The Morgan fingerprint density at radius 3 is 2.42 bits per heavy atom. The van der Waals surface area contributed by atoms with E-state index in [1.54, 1.807) is 32.0 Å². The zero-order valence-corrected chi connectivity index (χ0v) is 31.9. The molecule has 0 spiro atoms. The van der Waals surface area contributed by atoms with Crippen LogP contribution < -0.4 is 15.9 Å². The molecule has 5 atom stereocenters. The first-order valence-electron chi connectivity index (χ1n) is 18.6. The van der Waals surface area contributed by atoms with E-state index in [0.29, 0.717) is 51.4 Å². The smallest absolute Gasteiger partial charge is 0.434 e. The number of nitrogens with two attached hydrogens (primary N) is 1. The highest BCUT2D eigenvalue weighted by Crippen LogP contribution is 2.28. The second kappa shape index (κ2) is 19.1. The lowest BCUT2D eigenvalue weighted by Gasteiger charge is -2.35. The molecule has 14 nitrogen and oxygen atoms in total. The lowest BCUT2D eigenvalue weighted by Crippen LogP contribution is -2.55. The molecule has 2 saturated heterocycles. The number of carbonyl (C=O) groups is 4. The number of rotatable bonds is 15. The monoisotopic (exact) mass is 746 g/mol. The van der Waals surface area contributed by atoms with E-state index in [4.69, 9.17) is 15.3 Å². The number of hydrogen-bond donors (Lipinski definition) is 3. The molecule has 290 valence electrons. The van der Waals surface area contributed by atoms with Crippen molar-refractivity contribution in [1.82, 2.24) is 19.9 Å². The van der Waals surface area contributed by atoms with Crippen LogP contribution in [0.25, 0.3) is 0 Å². The molecule has 1 aromatic rings. The molecular weight excluding hydrogens is 689 g/mol. The lowest BCUT2D eigenvalue weighted by molar-refractivity contribution is -0.139. The third kappa shape index (κ3) is 12.9. The number of likely N-dealkylation sites (tertiary alicyclic amines) is 1. The number of benzene rings is 1. The van der Waals surface area contributed by atoms with Crippen molar-refractivity contribution in [1.29, 1.82) is 0 Å². The van der Waals surface area contributed by atoms with Gasteiger partial charge >= 0.3 is 6.16 Å². The number of aliphatic imine (C=N–C) groups is 1. The minimum atomic E-state index is -3.69. The number of hydrogen-bond acceptors (Lipinski definition) is 10. The van der Waals surface area contributed by atoms with Crippen molar-refractivity contribution in [3.8, 4) is 0 Å². The fraction of sp³-hybridized carbons (Fsp3) is 0.703. The molecule has 2 heterocycles. The van der Waals surface area contributed by atoms with Gasteiger partial charge in [-0.15, -0.1) is 0 Å². The van der Waals surface area contributed by atoms with Crippen LogP contribution in [0.5, 0.6) is 0 Å². The Morgan fingerprint density at radius 2 is 1.73 bits per heavy atom. The van der Waals surface area contributed by atoms with Gasteiger partial charge in [0.2, 0.25) is 21.8 Å². The van der Waals surface area contributed by atoms with E-state index in [2.05, 4.69) is 15.0 Å². The summed E-state index contributed by atoms with van der Waals surface area (Å²) >= 11 is 0. The molecule has 0 bridgehead atoms. The summed E-state index contributed by atoms with van der Waals surface area (Å²) in [6.07, 6.45) is 9.80. The summed E-state index contributed by atoms with van der Waals surface area (Å²) in [5, 5.41) is 4.65. The van der Waals surface area contributed by atoms with Gasteiger partial charge in [-0.3, -0.25) is 20.2 Å². The predicted molar refractivity (Wildman–Crippen MR) is 197 cm³/mol.